The Morgan fingerprint density at radius 3 is 2.68 bits per heavy atom. The zero-order chi connectivity index (χ0) is 23.3. The first kappa shape index (κ1) is 22.6. The second kappa shape index (κ2) is 10.4. The third kappa shape index (κ3) is 5.00. The number of hydrogen-bond donors (Lipinski definition) is 1. The average Bonchev–Trinajstić information content (AvgIpc) is 2.89. The van der Waals surface area contributed by atoms with Gasteiger partial charge >= 0.3 is 0 Å². The lowest BCUT2D eigenvalue weighted by Gasteiger charge is -2.27. The Kier molecular flexibility index (Phi) is 6.92. The van der Waals surface area contributed by atoms with Crippen molar-refractivity contribution in [2.24, 2.45) is 0 Å². The maximum absolute atomic E-state index is 13.5. The molecule has 3 aromatic heterocycles. The van der Waals surface area contributed by atoms with Crippen LogP contribution < -0.4 is 10.9 Å². The topological polar surface area (TPSA) is 102 Å². The standard InChI is InChI=1S/C25H30N6O3/c32-24(29-20-4-2-1-3-5-20)21-15-18-14-19(22-6-7-26-17-28-22)16-27-23(18)31(25(21)33)9-8-30-10-12-34-13-11-30/h6-7,14-17,20H,1-5,8-13H2,(H,29,32). The number of hydrogen-bond acceptors (Lipinski definition) is 7. The van der Waals surface area contributed by atoms with Crippen LogP contribution in [0.2, 0.25) is 0 Å². The highest BCUT2D eigenvalue weighted by atomic mass is 16.5. The lowest BCUT2D eigenvalue weighted by atomic mass is 9.95. The van der Waals surface area contributed by atoms with Gasteiger partial charge in [0.2, 0.25) is 0 Å². The molecule has 0 spiro atoms. The van der Waals surface area contributed by atoms with Crippen molar-refractivity contribution in [1.82, 2.24) is 29.7 Å². The fourth-order valence-electron chi connectivity index (χ4n) is 4.81. The van der Waals surface area contributed by atoms with Crippen molar-refractivity contribution in [1.29, 1.82) is 0 Å². The summed E-state index contributed by atoms with van der Waals surface area (Å²) in [7, 11) is 0. The molecule has 178 valence electrons. The normalized spacial score (nSPS) is 17.6. The van der Waals surface area contributed by atoms with Crippen LogP contribution in [0.1, 0.15) is 42.5 Å². The summed E-state index contributed by atoms with van der Waals surface area (Å²) < 4.78 is 7.08. The molecule has 2 aliphatic rings. The van der Waals surface area contributed by atoms with Gasteiger partial charge in [-0.25, -0.2) is 15.0 Å². The Hall–Kier alpha value is -3.17. The van der Waals surface area contributed by atoms with E-state index in [1.54, 1.807) is 23.0 Å². The number of fused-ring (bicyclic) bond motifs is 1. The largest absolute Gasteiger partial charge is 0.379 e. The lowest BCUT2D eigenvalue weighted by Crippen LogP contribution is -2.42. The van der Waals surface area contributed by atoms with Gasteiger partial charge in [-0.3, -0.25) is 19.1 Å². The molecule has 9 heteroatoms. The van der Waals surface area contributed by atoms with Crippen LogP contribution in [0.25, 0.3) is 22.3 Å². The molecule has 5 rings (SSSR count). The van der Waals surface area contributed by atoms with Crippen LogP contribution in [-0.2, 0) is 11.3 Å². The molecule has 0 aromatic carbocycles. The number of pyridine rings is 2. The van der Waals surface area contributed by atoms with Crippen LogP contribution in [0.15, 0.2) is 41.7 Å². The summed E-state index contributed by atoms with van der Waals surface area (Å²) in [4.78, 5) is 41.9. The van der Waals surface area contributed by atoms with E-state index in [0.717, 1.165) is 55.4 Å². The predicted molar refractivity (Wildman–Crippen MR) is 129 cm³/mol. The van der Waals surface area contributed by atoms with Crippen molar-refractivity contribution in [3.8, 4) is 11.3 Å². The third-order valence-electron chi connectivity index (χ3n) is 6.73. The molecule has 1 amide bonds. The van der Waals surface area contributed by atoms with Crippen LogP contribution in [0.3, 0.4) is 0 Å². The first-order valence-corrected chi connectivity index (χ1v) is 12.1. The predicted octanol–water partition coefficient (Wildman–Crippen LogP) is 2.25. The van der Waals surface area contributed by atoms with Crippen LogP contribution >= 0.6 is 0 Å². The van der Waals surface area contributed by atoms with Crippen molar-refractivity contribution in [3.63, 3.8) is 0 Å². The van der Waals surface area contributed by atoms with E-state index in [1.807, 2.05) is 12.1 Å². The van der Waals surface area contributed by atoms with Crippen molar-refractivity contribution < 1.29 is 9.53 Å². The average molecular weight is 463 g/mol. The molecule has 9 nitrogen and oxygen atoms in total. The van der Waals surface area contributed by atoms with Gasteiger partial charge in [-0.1, -0.05) is 19.3 Å². The zero-order valence-corrected chi connectivity index (χ0v) is 19.3. The Labute approximate surface area is 198 Å². The minimum atomic E-state index is -0.300. The smallest absolute Gasteiger partial charge is 0.265 e. The Balaban J connectivity index is 1.51. The number of nitrogens with zero attached hydrogens (tertiary/aromatic N) is 5. The highest BCUT2D eigenvalue weighted by Gasteiger charge is 2.22. The molecular weight excluding hydrogens is 432 g/mol. The van der Waals surface area contributed by atoms with E-state index in [-0.39, 0.29) is 23.1 Å². The quantitative estimate of drug-likeness (QED) is 0.599. The number of amides is 1. The van der Waals surface area contributed by atoms with E-state index in [0.29, 0.717) is 32.0 Å². The first-order valence-electron chi connectivity index (χ1n) is 12.1. The third-order valence-corrected chi connectivity index (χ3v) is 6.73. The fraction of sp³-hybridized carbons (Fsp3) is 0.480. The summed E-state index contributed by atoms with van der Waals surface area (Å²) >= 11 is 0. The molecule has 2 fully saturated rings. The molecule has 1 aliphatic heterocycles. The maximum Gasteiger partial charge on any atom is 0.265 e. The summed E-state index contributed by atoms with van der Waals surface area (Å²) in [5, 5.41) is 3.84. The number of rotatable bonds is 6. The molecule has 1 saturated carbocycles. The summed E-state index contributed by atoms with van der Waals surface area (Å²) in [6.07, 6.45) is 10.2. The van der Waals surface area contributed by atoms with Gasteiger partial charge in [0, 0.05) is 55.6 Å². The van der Waals surface area contributed by atoms with Crippen molar-refractivity contribution >= 4 is 16.9 Å². The van der Waals surface area contributed by atoms with Crippen LogP contribution in [0.5, 0.6) is 0 Å². The Morgan fingerprint density at radius 2 is 1.91 bits per heavy atom. The zero-order valence-electron chi connectivity index (χ0n) is 19.3. The molecule has 34 heavy (non-hydrogen) atoms. The highest BCUT2D eigenvalue weighted by molar-refractivity contribution is 5.97. The molecule has 3 aromatic rings. The number of aromatic nitrogens is 4. The van der Waals surface area contributed by atoms with E-state index < -0.39 is 0 Å². The molecule has 1 aliphatic carbocycles. The summed E-state index contributed by atoms with van der Waals surface area (Å²) in [5.74, 6) is -0.300. The molecule has 1 saturated heterocycles. The minimum Gasteiger partial charge on any atom is -0.379 e. The van der Waals surface area contributed by atoms with Crippen molar-refractivity contribution in [3.05, 3.63) is 52.8 Å². The van der Waals surface area contributed by atoms with Crippen LogP contribution in [0, 0.1) is 0 Å². The molecule has 4 heterocycles. The van der Waals surface area contributed by atoms with E-state index >= 15 is 0 Å². The second-order valence-corrected chi connectivity index (χ2v) is 9.01. The number of ether oxygens (including phenoxy) is 1. The van der Waals surface area contributed by atoms with Gasteiger partial charge < -0.3 is 10.1 Å². The molecule has 0 radical (unpaired) electrons. The second-order valence-electron chi connectivity index (χ2n) is 9.01. The molecule has 0 bridgehead atoms. The first-order chi connectivity index (χ1) is 16.7. The number of morpholine rings is 1. The minimum absolute atomic E-state index is 0.128. The van der Waals surface area contributed by atoms with Gasteiger partial charge in [0.05, 0.1) is 18.9 Å². The van der Waals surface area contributed by atoms with Gasteiger partial charge in [-0.05, 0) is 31.0 Å². The van der Waals surface area contributed by atoms with E-state index in [1.165, 1.54) is 12.7 Å². The highest BCUT2D eigenvalue weighted by Crippen LogP contribution is 2.22. The number of carbonyl (C=O) groups excluding carboxylic acids is 1. The number of nitrogens with one attached hydrogen (secondary N) is 1. The summed E-state index contributed by atoms with van der Waals surface area (Å²) in [5.41, 5.74) is 2.00. The SMILES string of the molecule is O=C(NC1CCCCC1)c1cc2cc(-c3ccncn3)cnc2n(CCN2CCOCC2)c1=O. The number of carbonyl (C=O) groups is 1. The van der Waals surface area contributed by atoms with Gasteiger partial charge in [0.25, 0.3) is 11.5 Å². The summed E-state index contributed by atoms with van der Waals surface area (Å²) in [6, 6.07) is 5.56. The fourth-order valence-corrected chi connectivity index (χ4v) is 4.81. The van der Waals surface area contributed by atoms with E-state index in [4.69, 9.17) is 4.74 Å². The lowest BCUT2D eigenvalue weighted by molar-refractivity contribution is 0.0364. The Morgan fingerprint density at radius 1 is 1.09 bits per heavy atom. The van der Waals surface area contributed by atoms with Gasteiger partial charge in [0.1, 0.15) is 17.5 Å². The van der Waals surface area contributed by atoms with Crippen molar-refractivity contribution in [2.75, 3.05) is 32.8 Å². The monoisotopic (exact) mass is 462 g/mol. The van der Waals surface area contributed by atoms with Crippen LogP contribution in [0.4, 0.5) is 0 Å². The molecule has 0 unspecified atom stereocenters. The molecule has 1 N–H and O–H groups in total. The summed E-state index contributed by atoms with van der Waals surface area (Å²) in [6.45, 7) is 4.21. The van der Waals surface area contributed by atoms with Gasteiger partial charge in [0.15, 0.2) is 0 Å². The van der Waals surface area contributed by atoms with E-state index in [9.17, 15) is 9.59 Å². The van der Waals surface area contributed by atoms with Crippen LogP contribution in [-0.4, -0.2) is 69.2 Å². The molecule has 0 atom stereocenters. The van der Waals surface area contributed by atoms with Gasteiger partial charge in [-0.2, -0.15) is 0 Å². The molecular formula is C25H30N6O3. The van der Waals surface area contributed by atoms with E-state index in [2.05, 4.69) is 25.2 Å². The van der Waals surface area contributed by atoms with Gasteiger partial charge in [-0.15, -0.1) is 0 Å². The van der Waals surface area contributed by atoms with Crippen molar-refractivity contribution in [2.45, 2.75) is 44.7 Å². The Bertz CT molecular complexity index is 1200. The maximum atomic E-state index is 13.5.